The Morgan fingerprint density at radius 3 is 2.74 bits per heavy atom. The summed E-state index contributed by atoms with van der Waals surface area (Å²) in [6, 6.07) is 5.80. The van der Waals surface area contributed by atoms with Gasteiger partial charge in [0.05, 0.1) is 12.2 Å². The number of amides is 1. The minimum Gasteiger partial charge on any atom is -0.451 e. The lowest BCUT2D eigenvalue weighted by Crippen LogP contribution is -2.28. The van der Waals surface area contributed by atoms with Crippen LogP contribution in [0.2, 0.25) is 0 Å². The zero-order chi connectivity index (χ0) is 16.8. The highest BCUT2D eigenvalue weighted by molar-refractivity contribution is 7.17. The van der Waals surface area contributed by atoms with Crippen LogP contribution in [-0.4, -0.2) is 30.0 Å². The van der Waals surface area contributed by atoms with E-state index in [0.29, 0.717) is 21.1 Å². The number of carbonyl (C=O) groups excluding carboxylic acids is 2. The molecule has 0 aliphatic rings. The Morgan fingerprint density at radius 2 is 2.09 bits per heavy atom. The Hall–Kier alpha value is -2.72. The molecule has 1 amide bonds. The maximum Gasteiger partial charge on any atom is 0.350 e. The quantitative estimate of drug-likeness (QED) is 0.673. The summed E-state index contributed by atoms with van der Waals surface area (Å²) in [5.41, 5.74) is 1.19. The molecule has 0 fully saturated rings. The largest absolute Gasteiger partial charge is 0.451 e. The van der Waals surface area contributed by atoms with Crippen LogP contribution >= 0.6 is 11.3 Å². The van der Waals surface area contributed by atoms with Crippen LogP contribution < -0.4 is 5.32 Å². The molecule has 1 N–H and O–H groups in total. The fourth-order valence-corrected chi connectivity index (χ4v) is 2.66. The first-order valence-corrected chi connectivity index (χ1v) is 7.43. The highest BCUT2D eigenvalue weighted by Crippen LogP contribution is 2.28. The summed E-state index contributed by atoms with van der Waals surface area (Å²) in [5.74, 6) is 0.788. The summed E-state index contributed by atoms with van der Waals surface area (Å²) in [6.45, 7) is 1.33. The molecule has 0 aliphatic heterocycles. The number of thiazole rings is 1. The van der Waals surface area contributed by atoms with E-state index in [0.717, 1.165) is 11.3 Å². The van der Waals surface area contributed by atoms with Crippen LogP contribution in [0.3, 0.4) is 0 Å². The van der Waals surface area contributed by atoms with E-state index in [9.17, 15) is 14.0 Å². The molecule has 0 radical (unpaired) electrons. The number of ether oxygens (including phenoxy) is 1. The molecule has 1 aromatic carbocycles. The van der Waals surface area contributed by atoms with Crippen molar-refractivity contribution in [3.63, 3.8) is 0 Å². The third-order valence-corrected chi connectivity index (χ3v) is 3.98. The van der Waals surface area contributed by atoms with Crippen molar-refractivity contribution in [2.75, 3.05) is 13.2 Å². The van der Waals surface area contributed by atoms with Gasteiger partial charge in [0, 0.05) is 5.56 Å². The van der Waals surface area contributed by atoms with Crippen molar-refractivity contribution < 1.29 is 18.7 Å². The van der Waals surface area contributed by atoms with Crippen LogP contribution in [-0.2, 0) is 9.53 Å². The normalized spacial score (nSPS) is 9.96. The molecule has 0 saturated heterocycles. The molecular formula is C16H13FN2O3S. The lowest BCUT2D eigenvalue weighted by molar-refractivity contribution is -0.123. The van der Waals surface area contributed by atoms with Gasteiger partial charge < -0.3 is 10.1 Å². The van der Waals surface area contributed by atoms with Gasteiger partial charge in [-0.25, -0.2) is 14.2 Å². The zero-order valence-electron chi connectivity index (χ0n) is 12.3. The van der Waals surface area contributed by atoms with E-state index < -0.39 is 18.5 Å². The van der Waals surface area contributed by atoms with Gasteiger partial charge in [-0.15, -0.1) is 17.8 Å². The maximum atomic E-state index is 12.9. The van der Waals surface area contributed by atoms with E-state index in [2.05, 4.69) is 16.2 Å². The predicted octanol–water partition coefficient (Wildman–Crippen LogP) is 2.16. The molecule has 1 heterocycles. The molecule has 7 heteroatoms. The van der Waals surface area contributed by atoms with Gasteiger partial charge in [0.2, 0.25) is 0 Å². The second kappa shape index (κ2) is 7.51. The highest BCUT2D eigenvalue weighted by atomic mass is 32.1. The zero-order valence-corrected chi connectivity index (χ0v) is 13.1. The number of nitrogens with one attached hydrogen (secondary N) is 1. The lowest BCUT2D eigenvalue weighted by Gasteiger charge is -2.03. The third-order valence-electron chi connectivity index (χ3n) is 2.80. The van der Waals surface area contributed by atoms with Gasteiger partial charge in [-0.1, -0.05) is 5.92 Å². The Labute approximate surface area is 136 Å². The fraction of sp³-hybridized carbons (Fsp3) is 0.188. The van der Waals surface area contributed by atoms with Crippen LogP contribution in [0.1, 0.15) is 15.4 Å². The SMILES string of the molecule is C#CCNC(=O)COC(=O)c1sc(-c2ccc(F)cc2)nc1C. The highest BCUT2D eigenvalue weighted by Gasteiger charge is 2.18. The van der Waals surface area contributed by atoms with Gasteiger partial charge in [0.15, 0.2) is 6.61 Å². The second-order valence-electron chi connectivity index (χ2n) is 4.50. The number of halogens is 1. The average Bonchev–Trinajstić information content (AvgIpc) is 2.93. The number of hydrogen-bond acceptors (Lipinski definition) is 5. The molecule has 2 rings (SSSR count). The monoisotopic (exact) mass is 332 g/mol. The molecular weight excluding hydrogens is 319 g/mol. The van der Waals surface area contributed by atoms with Crippen LogP contribution in [0.5, 0.6) is 0 Å². The van der Waals surface area contributed by atoms with Crippen LogP contribution in [0.4, 0.5) is 4.39 Å². The Bertz CT molecular complexity index is 763. The molecule has 5 nitrogen and oxygen atoms in total. The predicted molar refractivity (Wildman–Crippen MR) is 84.4 cm³/mol. The summed E-state index contributed by atoms with van der Waals surface area (Å²) >= 11 is 1.12. The number of esters is 1. The number of terminal acetylenes is 1. The van der Waals surface area contributed by atoms with Crippen molar-refractivity contribution >= 4 is 23.2 Å². The second-order valence-corrected chi connectivity index (χ2v) is 5.50. The molecule has 0 saturated carbocycles. The summed E-state index contributed by atoms with van der Waals surface area (Å²) < 4.78 is 17.9. The van der Waals surface area contributed by atoms with Gasteiger partial charge in [-0.2, -0.15) is 0 Å². The Balaban J connectivity index is 2.06. The molecule has 0 spiro atoms. The van der Waals surface area contributed by atoms with Crippen molar-refractivity contribution in [2.24, 2.45) is 0 Å². The van der Waals surface area contributed by atoms with Crippen molar-refractivity contribution in [2.45, 2.75) is 6.92 Å². The number of benzene rings is 1. The summed E-state index contributed by atoms with van der Waals surface area (Å²) in [4.78, 5) is 27.9. The summed E-state index contributed by atoms with van der Waals surface area (Å²) in [7, 11) is 0. The first kappa shape index (κ1) is 16.6. The number of rotatable bonds is 5. The van der Waals surface area contributed by atoms with Crippen molar-refractivity contribution in [3.8, 4) is 22.9 Å². The average molecular weight is 332 g/mol. The van der Waals surface area contributed by atoms with Crippen molar-refractivity contribution in [1.29, 1.82) is 0 Å². The van der Waals surface area contributed by atoms with E-state index in [1.807, 2.05) is 0 Å². The molecule has 0 bridgehead atoms. The smallest absolute Gasteiger partial charge is 0.350 e. The fourth-order valence-electron chi connectivity index (χ4n) is 1.70. The lowest BCUT2D eigenvalue weighted by atomic mass is 10.2. The van der Waals surface area contributed by atoms with E-state index >= 15 is 0 Å². The first-order chi connectivity index (χ1) is 11.0. The minimum absolute atomic E-state index is 0.0741. The molecule has 0 unspecified atom stereocenters. The van der Waals surface area contributed by atoms with Crippen LogP contribution in [0.25, 0.3) is 10.6 Å². The standard InChI is InChI=1S/C16H13FN2O3S/c1-3-8-18-13(20)9-22-16(21)14-10(2)19-15(23-14)11-4-6-12(17)7-5-11/h1,4-7H,8-9H2,2H3,(H,18,20). The maximum absolute atomic E-state index is 12.9. The van der Waals surface area contributed by atoms with E-state index in [1.165, 1.54) is 12.1 Å². The number of aryl methyl sites for hydroxylation is 1. The Kier molecular flexibility index (Phi) is 5.44. The molecule has 1 aromatic heterocycles. The molecule has 0 aliphatic carbocycles. The molecule has 118 valence electrons. The van der Waals surface area contributed by atoms with E-state index in [4.69, 9.17) is 11.2 Å². The number of aromatic nitrogens is 1. The molecule has 2 aromatic rings. The van der Waals surface area contributed by atoms with Crippen LogP contribution in [0, 0.1) is 25.1 Å². The number of carbonyl (C=O) groups is 2. The van der Waals surface area contributed by atoms with Crippen LogP contribution in [0.15, 0.2) is 24.3 Å². The van der Waals surface area contributed by atoms with Gasteiger partial charge in [-0.3, -0.25) is 4.79 Å². The van der Waals surface area contributed by atoms with Crippen molar-refractivity contribution in [3.05, 3.63) is 40.7 Å². The molecule has 0 atom stereocenters. The summed E-state index contributed by atoms with van der Waals surface area (Å²) in [6.07, 6.45) is 5.01. The van der Waals surface area contributed by atoms with E-state index in [1.54, 1.807) is 19.1 Å². The van der Waals surface area contributed by atoms with Crippen molar-refractivity contribution in [1.82, 2.24) is 10.3 Å². The summed E-state index contributed by atoms with van der Waals surface area (Å²) in [5, 5.41) is 2.97. The van der Waals surface area contributed by atoms with E-state index in [-0.39, 0.29) is 12.4 Å². The number of hydrogen-bond donors (Lipinski definition) is 1. The van der Waals surface area contributed by atoms with Gasteiger partial charge in [0.25, 0.3) is 5.91 Å². The van der Waals surface area contributed by atoms with Gasteiger partial charge in [0.1, 0.15) is 15.7 Å². The first-order valence-electron chi connectivity index (χ1n) is 6.62. The molecule has 23 heavy (non-hydrogen) atoms. The van der Waals surface area contributed by atoms with Gasteiger partial charge in [-0.05, 0) is 31.2 Å². The van der Waals surface area contributed by atoms with Gasteiger partial charge >= 0.3 is 5.97 Å². The topological polar surface area (TPSA) is 68.3 Å². The third kappa shape index (κ3) is 4.37. The minimum atomic E-state index is -0.635. The number of nitrogens with zero attached hydrogens (tertiary/aromatic N) is 1. The Morgan fingerprint density at radius 1 is 1.39 bits per heavy atom.